The Labute approximate surface area is 119 Å². The molecule has 0 saturated heterocycles. The largest absolute Gasteiger partial charge is 0.350 e. The van der Waals surface area contributed by atoms with Crippen molar-refractivity contribution in [1.29, 1.82) is 0 Å². The maximum absolute atomic E-state index is 11.6. The molecule has 0 aromatic heterocycles. The number of fused-ring (bicyclic) bond motifs is 1. The molecule has 1 aromatic carbocycles. The number of allylic oxidation sites excluding steroid dienone is 2. The summed E-state index contributed by atoms with van der Waals surface area (Å²) in [6, 6.07) is 8.29. The van der Waals surface area contributed by atoms with Gasteiger partial charge < -0.3 is 5.32 Å². The predicted molar refractivity (Wildman–Crippen MR) is 80.0 cm³/mol. The van der Waals surface area contributed by atoms with Crippen LogP contribution in [-0.4, -0.2) is 11.9 Å². The van der Waals surface area contributed by atoms with Gasteiger partial charge in [-0.25, -0.2) is 0 Å². The smallest absolute Gasteiger partial charge is 0.244 e. The molecule has 0 heterocycles. The van der Waals surface area contributed by atoms with Gasteiger partial charge in [-0.15, -0.1) is 0 Å². The molecule has 0 aliphatic heterocycles. The highest BCUT2D eigenvalue weighted by Gasteiger charge is 2.15. The molecule has 19 heavy (non-hydrogen) atoms. The van der Waals surface area contributed by atoms with Gasteiger partial charge in [-0.1, -0.05) is 41.9 Å². The molecule has 1 amide bonds. The number of rotatable bonds is 3. The number of benzene rings is 1. The van der Waals surface area contributed by atoms with Gasteiger partial charge in [0.2, 0.25) is 5.91 Å². The lowest BCUT2D eigenvalue weighted by molar-refractivity contribution is -0.116. The number of carbonyl (C=O) groups is 1. The lowest BCUT2D eigenvalue weighted by Gasteiger charge is -2.17. The lowest BCUT2D eigenvalue weighted by Crippen LogP contribution is -2.28. The maximum Gasteiger partial charge on any atom is 0.244 e. The Hall–Kier alpha value is -1.54. The summed E-state index contributed by atoms with van der Waals surface area (Å²) in [4.78, 5) is 11.6. The van der Waals surface area contributed by atoms with E-state index in [0.29, 0.717) is 0 Å². The Balaban J connectivity index is 2.18. The van der Waals surface area contributed by atoms with Crippen LogP contribution < -0.4 is 5.32 Å². The quantitative estimate of drug-likeness (QED) is 0.838. The van der Waals surface area contributed by atoms with Gasteiger partial charge in [0.05, 0.1) is 5.03 Å². The van der Waals surface area contributed by atoms with Crippen LogP contribution in [0.1, 0.15) is 31.4 Å². The van der Waals surface area contributed by atoms with Gasteiger partial charge in [-0.05, 0) is 43.4 Å². The lowest BCUT2D eigenvalue weighted by atomic mass is 9.92. The molecule has 0 unspecified atom stereocenters. The minimum atomic E-state index is -0.0779. The Morgan fingerprint density at radius 3 is 2.79 bits per heavy atom. The molecule has 0 radical (unpaired) electrons. The van der Waals surface area contributed by atoms with Crippen LogP contribution in [0.2, 0.25) is 0 Å². The molecule has 0 saturated carbocycles. The molecular formula is C16H18ClNO. The van der Waals surface area contributed by atoms with Gasteiger partial charge in [0, 0.05) is 12.1 Å². The van der Waals surface area contributed by atoms with Crippen LogP contribution >= 0.6 is 11.6 Å². The van der Waals surface area contributed by atoms with Gasteiger partial charge in [-0.3, -0.25) is 4.79 Å². The second-order valence-corrected chi connectivity index (χ2v) is 5.37. The first-order chi connectivity index (χ1) is 9.08. The normalized spacial score (nSPS) is 14.9. The molecule has 1 N–H and O–H groups in total. The van der Waals surface area contributed by atoms with E-state index >= 15 is 0 Å². The molecule has 0 spiro atoms. The number of hydrogen-bond donors (Lipinski definition) is 1. The number of hydrogen-bond acceptors (Lipinski definition) is 1. The molecule has 0 fully saturated rings. The summed E-state index contributed by atoms with van der Waals surface area (Å²) >= 11 is 6.40. The monoisotopic (exact) mass is 275 g/mol. The highest BCUT2D eigenvalue weighted by molar-refractivity contribution is 6.49. The van der Waals surface area contributed by atoms with E-state index in [-0.39, 0.29) is 11.9 Å². The second-order valence-electron chi connectivity index (χ2n) is 4.99. The van der Waals surface area contributed by atoms with Crippen LogP contribution in [-0.2, 0) is 11.2 Å². The highest BCUT2D eigenvalue weighted by atomic mass is 35.5. The van der Waals surface area contributed by atoms with E-state index in [1.54, 1.807) is 6.08 Å². The van der Waals surface area contributed by atoms with E-state index in [2.05, 4.69) is 11.4 Å². The van der Waals surface area contributed by atoms with Crippen LogP contribution in [0, 0.1) is 0 Å². The summed E-state index contributed by atoms with van der Waals surface area (Å²) in [6.07, 6.45) is 5.24. The average molecular weight is 276 g/mol. The Kier molecular flexibility index (Phi) is 4.43. The summed E-state index contributed by atoms with van der Waals surface area (Å²) in [7, 11) is 0. The fourth-order valence-corrected chi connectivity index (χ4v) is 2.51. The fourth-order valence-electron chi connectivity index (χ4n) is 2.17. The number of amides is 1. The van der Waals surface area contributed by atoms with Crippen molar-refractivity contribution in [2.45, 2.75) is 32.7 Å². The first kappa shape index (κ1) is 13.9. The number of halogens is 1. The topological polar surface area (TPSA) is 29.1 Å². The molecule has 0 bridgehead atoms. The second kappa shape index (κ2) is 6.07. The summed E-state index contributed by atoms with van der Waals surface area (Å²) in [5, 5.41) is 3.58. The summed E-state index contributed by atoms with van der Waals surface area (Å²) in [5.41, 5.74) is 3.38. The van der Waals surface area contributed by atoms with Crippen molar-refractivity contribution in [3.8, 4) is 0 Å². The van der Waals surface area contributed by atoms with Crippen molar-refractivity contribution in [2.24, 2.45) is 0 Å². The third-order valence-electron chi connectivity index (χ3n) is 3.07. The SMILES string of the molecule is CC(C)NC(=O)C=CC1=C(Cl)c2ccccc2CC1. The summed E-state index contributed by atoms with van der Waals surface area (Å²) < 4.78 is 0. The average Bonchev–Trinajstić information content (AvgIpc) is 2.37. The van der Waals surface area contributed by atoms with Crippen molar-refractivity contribution >= 4 is 22.5 Å². The molecule has 1 aromatic rings. The summed E-state index contributed by atoms with van der Waals surface area (Å²) in [5.74, 6) is -0.0779. The van der Waals surface area contributed by atoms with E-state index in [9.17, 15) is 4.79 Å². The Morgan fingerprint density at radius 1 is 1.32 bits per heavy atom. The van der Waals surface area contributed by atoms with Crippen LogP contribution in [0.4, 0.5) is 0 Å². The van der Waals surface area contributed by atoms with E-state index in [4.69, 9.17) is 11.6 Å². The molecular weight excluding hydrogens is 258 g/mol. The minimum absolute atomic E-state index is 0.0779. The van der Waals surface area contributed by atoms with Crippen molar-refractivity contribution in [3.05, 3.63) is 53.1 Å². The van der Waals surface area contributed by atoms with Crippen molar-refractivity contribution in [1.82, 2.24) is 5.32 Å². The van der Waals surface area contributed by atoms with Gasteiger partial charge in [-0.2, -0.15) is 0 Å². The zero-order valence-corrected chi connectivity index (χ0v) is 12.0. The fraction of sp³-hybridized carbons (Fsp3) is 0.312. The van der Waals surface area contributed by atoms with Crippen molar-refractivity contribution in [3.63, 3.8) is 0 Å². The Morgan fingerprint density at radius 2 is 2.05 bits per heavy atom. The molecule has 2 rings (SSSR count). The number of nitrogens with one attached hydrogen (secondary N) is 1. The third-order valence-corrected chi connectivity index (χ3v) is 3.51. The maximum atomic E-state index is 11.6. The van der Waals surface area contributed by atoms with Crippen LogP contribution in [0.5, 0.6) is 0 Å². The Bertz CT molecular complexity index is 543. The summed E-state index contributed by atoms with van der Waals surface area (Å²) in [6.45, 7) is 3.88. The van der Waals surface area contributed by atoms with Gasteiger partial charge in [0.1, 0.15) is 0 Å². The van der Waals surface area contributed by atoms with E-state index in [1.165, 1.54) is 5.56 Å². The van der Waals surface area contributed by atoms with E-state index < -0.39 is 0 Å². The molecule has 100 valence electrons. The minimum Gasteiger partial charge on any atom is -0.350 e. The van der Waals surface area contributed by atoms with Gasteiger partial charge in [0.25, 0.3) is 0 Å². The molecule has 3 heteroatoms. The van der Waals surface area contributed by atoms with Gasteiger partial charge >= 0.3 is 0 Å². The first-order valence-corrected chi connectivity index (χ1v) is 6.91. The molecule has 2 nitrogen and oxygen atoms in total. The van der Waals surface area contributed by atoms with E-state index in [0.717, 1.165) is 29.0 Å². The molecule has 1 aliphatic carbocycles. The number of carbonyl (C=O) groups excluding carboxylic acids is 1. The molecule has 1 aliphatic rings. The van der Waals surface area contributed by atoms with Crippen LogP contribution in [0.3, 0.4) is 0 Å². The van der Waals surface area contributed by atoms with Crippen LogP contribution in [0.25, 0.3) is 5.03 Å². The number of aryl methyl sites for hydroxylation is 1. The highest BCUT2D eigenvalue weighted by Crippen LogP contribution is 2.34. The first-order valence-electron chi connectivity index (χ1n) is 6.53. The van der Waals surface area contributed by atoms with Crippen molar-refractivity contribution in [2.75, 3.05) is 0 Å². The van der Waals surface area contributed by atoms with E-state index in [1.807, 2.05) is 38.1 Å². The van der Waals surface area contributed by atoms with Crippen molar-refractivity contribution < 1.29 is 4.79 Å². The zero-order chi connectivity index (χ0) is 13.8. The standard InChI is InChI=1S/C16H18ClNO/c1-11(2)18-15(19)10-9-13-8-7-12-5-3-4-6-14(12)16(13)17/h3-6,9-11H,7-8H2,1-2H3,(H,18,19). The predicted octanol–water partition coefficient (Wildman–Crippen LogP) is 3.66. The van der Waals surface area contributed by atoms with Crippen LogP contribution in [0.15, 0.2) is 42.0 Å². The third kappa shape index (κ3) is 3.48. The van der Waals surface area contributed by atoms with Gasteiger partial charge in [0.15, 0.2) is 0 Å². The zero-order valence-electron chi connectivity index (χ0n) is 11.2. The molecule has 0 atom stereocenters.